The van der Waals surface area contributed by atoms with E-state index in [4.69, 9.17) is 21.8 Å². The van der Waals surface area contributed by atoms with Gasteiger partial charge in [0.2, 0.25) is 5.89 Å². The molecule has 0 saturated heterocycles. The molecule has 0 aliphatic heterocycles. The molecule has 1 aliphatic carbocycles. The first-order chi connectivity index (χ1) is 16.9. The van der Waals surface area contributed by atoms with Crippen LogP contribution in [-0.2, 0) is 12.8 Å². The van der Waals surface area contributed by atoms with Gasteiger partial charge < -0.3 is 15.5 Å². The van der Waals surface area contributed by atoms with Gasteiger partial charge in [0.15, 0.2) is 5.58 Å². The van der Waals surface area contributed by atoms with E-state index in [0.29, 0.717) is 29.6 Å². The molecule has 1 atom stereocenters. The number of fused-ring (bicyclic) bond motifs is 2. The van der Waals surface area contributed by atoms with Gasteiger partial charge in [-0.1, -0.05) is 31.5 Å². The molecule has 6 heteroatoms. The molecule has 4 aromatic rings. The smallest absolute Gasteiger partial charge is 0.251 e. The Morgan fingerprint density at radius 1 is 1.09 bits per heavy atom. The summed E-state index contributed by atoms with van der Waals surface area (Å²) in [5.74, 6) is 1.19. The average molecular weight is 488 g/mol. The van der Waals surface area contributed by atoms with Crippen LogP contribution in [0.2, 0.25) is 5.02 Å². The zero-order chi connectivity index (χ0) is 24.5. The molecule has 3 aromatic carbocycles. The number of nitrogens with two attached hydrogens (primary N) is 1. The predicted octanol–water partition coefficient (Wildman–Crippen LogP) is 6.78. The number of benzene rings is 3. The lowest BCUT2D eigenvalue weighted by Gasteiger charge is -2.15. The lowest BCUT2D eigenvalue weighted by atomic mass is 9.99. The summed E-state index contributed by atoms with van der Waals surface area (Å²) in [6, 6.07) is 17.4. The number of nitrogens with one attached hydrogen (secondary N) is 1. The number of aromatic nitrogens is 1. The first-order valence-electron chi connectivity index (χ1n) is 12.2. The molecule has 0 saturated carbocycles. The fraction of sp³-hybridized carbons (Fsp3) is 0.310. The number of aryl methyl sites for hydroxylation is 2. The highest BCUT2D eigenvalue weighted by Crippen LogP contribution is 2.32. The van der Waals surface area contributed by atoms with Gasteiger partial charge in [0.25, 0.3) is 5.91 Å². The van der Waals surface area contributed by atoms with Crippen molar-refractivity contribution in [1.82, 2.24) is 10.3 Å². The number of nitrogen functional groups attached to an aromatic ring is 1. The monoisotopic (exact) mass is 487 g/mol. The lowest BCUT2D eigenvalue weighted by molar-refractivity contribution is 0.0946. The largest absolute Gasteiger partial charge is 0.436 e. The van der Waals surface area contributed by atoms with Crippen molar-refractivity contribution in [3.05, 3.63) is 81.9 Å². The molecule has 0 spiro atoms. The van der Waals surface area contributed by atoms with E-state index in [0.717, 1.165) is 52.9 Å². The van der Waals surface area contributed by atoms with Crippen molar-refractivity contribution in [2.75, 3.05) is 12.3 Å². The highest BCUT2D eigenvalue weighted by atomic mass is 35.5. The van der Waals surface area contributed by atoms with Gasteiger partial charge in [-0.3, -0.25) is 4.79 Å². The highest BCUT2D eigenvalue weighted by Gasteiger charge is 2.19. The number of anilines is 1. The molecule has 35 heavy (non-hydrogen) atoms. The van der Waals surface area contributed by atoms with E-state index < -0.39 is 0 Å². The van der Waals surface area contributed by atoms with Gasteiger partial charge in [-0.25, -0.2) is 4.98 Å². The summed E-state index contributed by atoms with van der Waals surface area (Å²) in [6.45, 7) is 4.88. The molecule has 1 heterocycles. The third-order valence-electron chi connectivity index (χ3n) is 6.92. The van der Waals surface area contributed by atoms with Crippen LogP contribution < -0.4 is 11.1 Å². The van der Waals surface area contributed by atoms with Crippen LogP contribution in [0.15, 0.2) is 59.0 Å². The van der Waals surface area contributed by atoms with Crippen molar-refractivity contribution in [1.29, 1.82) is 0 Å². The molecule has 0 bridgehead atoms. The van der Waals surface area contributed by atoms with Crippen LogP contribution >= 0.6 is 11.6 Å². The van der Waals surface area contributed by atoms with Crippen LogP contribution in [-0.4, -0.2) is 17.4 Å². The molecule has 1 aliphatic rings. The number of carbonyl (C=O) groups is 1. The fourth-order valence-corrected chi connectivity index (χ4v) is 5.07. The summed E-state index contributed by atoms with van der Waals surface area (Å²) in [6.07, 6.45) is 4.14. The Kier molecular flexibility index (Phi) is 6.52. The number of nitrogens with zero attached hydrogens (tertiary/aromatic N) is 1. The van der Waals surface area contributed by atoms with E-state index in [-0.39, 0.29) is 11.8 Å². The molecule has 5 nitrogen and oxygen atoms in total. The number of hydrogen-bond acceptors (Lipinski definition) is 4. The van der Waals surface area contributed by atoms with Gasteiger partial charge in [0.1, 0.15) is 5.52 Å². The van der Waals surface area contributed by atoms with Crippen LogP contribution in [0.1, 0.15) is 59.7 Å². The minimum absolute atomic E-state index is 0.0613. The molecule has 0 fully saturated rings. The van der Waals surface area contributed by atoms with E-state index in [1.807, 2.05) is 42.5 Å². The van der Waals surface area contributed by atoms with Crippen molar-refractivity contribution in [2.45, 2.75) is 45.4 Å². The van der Waals surface area contributed by atoms with Gasteiger partial charge in [-0.15, -0.1) is 0 Å². The topological polar surface area (TPSA) is 81.1 Å². The van der Waals surface area contributed by atoms with Crippen LogP contribution in [0.3, 0.4) is 0 Å². The molecule has 5 rings (SSSR count). The van der Waals surface area contributed by atoms with Gasteiger partial charge in [0, 0.05) is 33.9 Å². The van der Waals surface area contributed by atoms with Gasteiger partial charge in [0.05, 0.1) is 0 Å². The Bertz CT molecular complexity index is 1370. The Morgan fingerprint density at radius 3 is 2.57 bits per heavy atom. The first-order valence-corrected chi connectivity index (χ1v) is 12.6. The lowest BCUT2D eigenvalue weighted by Crippen LogP contribution is -2.29. The van der Waals surface area contributed by atoms with E-state index >= 15 is 0 Å². The quantitative estimate of drug-likeness (QED) is 0.240. The summed E-state index contributed by atoms with van der Waals surface area (Å²) >= 11 is 6.16. The number of carbonyl (C=O) groups excluding carboxylic acids is 1. The molecule has 180 valence electrons. The predicted molar refractivity (Wildman–Crippen MR) is 142 cm³/mol. The summed E-state index contributed by atoms with van der Waals surface area (Å²) in [5.41, 5.74) is 13.4. The summed E-state index contributed by atoms with van der Waals surface area (Å²) in [4.78, 5) is 17.4. The second kappa shape index (κ2) is 9.74. The standard InChI is InChI=1S/C29H30ClN3O2/c1-17(2)25-14-24(31)15-26-27(25)35-29(33-26)21-9-7-20(8-10-21)28(34)32-16-18-3-5-19-11-12-23(30)13-22(19)6-4-18/h7-15,17-18H,3-6,16,31H2,1-2H3,(H,32,34). The Balaban J connectivity index is 1.24. The van der Waals surface area contributed by atoms with Gasteiger partial charge >= 0.3 is 0 Å². The molecule has 0 radical (unpaired) electrons. The first kappa shape index (κ1) is 23.4. The SMILES string of the molecule is CC(C)c1cc(N)cc2nc(-c3ccc(C(=O)NCC4CCc5ccc(Cl)cc5CC4)cc3)oc12. The second-order valence-corrected chi connectivity index (χ2v) is 10.2. The molecule has 1 aromatic heterocycles. The number of hydrogen-bond donors (Lipinski definition) is 2. The van der Waals surface area contributed by atoms with E-state index in [9.17, 15) is 4.79 Å². The van der Waals surface area contributed by atoms with Crippen LogP contribution in [0.4, 0.5) is 5.69 Å². The minimum atomic E-state index is -0.0613. The van der Waals surface area contributed by atoms with Crippen molar-refractivity contribution >= 4 is 34.3 Å². The van der Waals surface area contributed by atoms with Crippen molar-refractivity contribution in [3.63, 3.8) is 0 Å². The van der Waals surface area contributed by atoms with Crippen molar-refractivity contribution in [2.24, 2.45) is 5.92 Å². The molecule has 1 amide bonds. The van der Waals surface area contributed by atoms with Crippen LogP contribution in [0.5, 0.6) is 0 Å². The van der Waals surface area contributed by atoms with Gasteiger partial charge in [-0.2, -0.15) is 0 Å². The number of oxazole rings is 1. The maximum atomic E-state index is 12.8. The van der Waals surface area contributed by atoms with E-state index in [1.54, 1.807) is 0 Å². The Hall–Kier alpha value is -3.31. The number of halogens is 1. The van der Waals surface area contributed by atoms with Crippen LogP contribution in [0, 0.1) is 5.92 Å². The molecule has 3 N–H and O–H groups in total. The molecular formula is C29H30ClN3O2. The van der Waals surface area contributed by atoms with Crippen molar-refractivity contribution in [3.8, 4) is 11.5 Å². The zero-order valence-corrected chi connectivity index (χ0v) is 20.9. The summed E-state index contributed by atoms with van der Waals surface area (Å²) < 4.78 is 6.10. The fourth-order valence-electron chi connectivity index (χ4n) is 4.88. The number of rotatable bonds is 5. The number of amides is 1. The highest BCUT2D eigenvalue weighted by molar-refractivity contribution is 6.30. The maximum absolute atomic E-state index is 12.8. The Morgan fingerprint density at radius 2 is 1.83 bits per heavy atom. The van der Waals surface area contributed by atoms with Crippen molar-refractivity contribution < 1.29 is 9.21 Å². The van der Waals surface area contributed by atoms with Gasteiger partial charge in [-0.05, 0) is 97.2 Å². The molecule has 1 unspecified atom stereocenters. The van der Waals surface area contributed by atoms with E-state index in [1.165, 1.54) is 11.1 Å². The van der Waals surface area contributed by atoms with Crippen LogP contribution in [0.25, 0.3) is 22.6 Å². The third kappa shape index (κ3) is 5.06. The van der Waals surface area contributed by atoms with E-state index in [2.05, 4.69) is 36.3 Å². The Labute approximate surface area is 210 Å². The summed E-state index contributed by atoms with van der Waals surface area (Å²) in [7, 11) is 0. The third-order valence-corrected chi connectivity index (χ3v) is 7.16. The normalized spacial score (nSPS) is 15.7. The summed E-state index contributed by atoms with van der Waals surface area (Å²) in [5, 5.41) is 3.92. The maximum Gasteiger partial charge on any atom is 0.251 e. The minimum Gasteiger partial charge on any atom is -0.436 e. The zero-order valence-electron chi connectivity index (χ0n) is 20.1. The second-order valence-electron chi connectivity index (χ2n) is 9.78. The molecular weight excluding hydrogens is 458 g/mol. The average Bonchev–Trinajstić information content (AvgIpc) is 3.16.